The number of amides is 2. The van der Waals surface area contributed by atoms with Gasteiger partial charge in [0, 0.05) is 24.9 Å². The van der Waals surface area contributed by atoms with E-state index in [2.05, 4.69) is 36.0 Å². The van der Waals surface area contributed by atoms with Crippen LogP contribution in [-0.2, 0) is 16.0 Å². The highest BCUT2D eigenvalue weighted by Gasteiger charge is 2.29. The van der Waals surface area contributed by atoms with Gasteiger partial charge in [-0.3, -0.25) is 4.79 Å². The minimum absolute atomic E-state index is 0.109. The van der Waals surface area contributed by atoms with Crippen molar-refractivity contribution >= 4 is 17.9 Å². The molecule has 1 aromatic rings. The molecule has 1 saturated carbocycles. The van der Waals surface area contributed by atoms with Crippen LogP contribution in [0.4, 0.5) is 0 Å². The monoisotopic (exact) mass is 365 g/mol. The van der Waals surface area contributed by atoms with E-state index in [-0.39, 0.29) is 23.7 Å². The fourth-order valence-corrected chi connectivity index (χ4v) is 4.03. The molecule has 3 rings (SSSR count). The topological polar surface area (TPSA) is 41.7 Å². The SMILES string of the molecule is Cc1ccc2c(c1)C=C(C(=O)[N+]#CC1CCC(C(=O)N(C)C)CC1)CCC2. The number of benzene rings is 1. The average molecular weight is 365 g/mol. The summed E-state index contributed by atoms with van der Waals surface area (Å²) >= 11 is 0. The first kappa shape index (κ1) is 19.4. The number of hydrogen-bond donors (Lipinski definition) is 0. The summed E-state index contributed by atoms with van der Waals surface area (Å²) in [5.74, 6) is 0.342. The Balaban J connectivity index is 1.64. The summed E-state index contributed by atoms with van der Waals surface area (Å²) in [6.07, 6.45) is 8.21. The van der Waals surface area contributed by atoms with Crippen LogP contribution in [0.1, 0.15) is 55.2 Å². The van der Waals surface area contributed by atoms with E-state index < -0.39 is 0 Å². The number of fused-ring (bicyclic) bond motifs is 1. The van der Waals surface area contributed by atoms with Crippen LogP contribution in [0.3, 0.4) is 0 Å². The van der Waals surface area contributed by atoms with Gasteiger partial charge in [0.05, 0.1) is 11.5 Å². The van der Waals surface area contributed by atoms with Crippen molar-refractivity contribution in [2.45, 2.75) is 51.9 Å². The summed E-state index contributed by atoms with van der Waals surface area (Å²) in [4.78, 5) is 30.5. The molecule has 2 aliphatic rings. The Morgan fingerprint density at radius 3 is 2.56 bits per heavy atom. The van der Waals surface area contributed by atoms with Gasteiger partial charge in [0.15, 0.2) is 0 Å². The highest BCUT2D eigenvalue weighted by molar-refractivity contribution is 6.05. The molecule has 0 unspecified atom stereocenters. The van der Waals surface area contributed by atoms with E-state index in [1.165, 1.54) is 11.1 Å². The predicted molar refractivity (Wildman–Crippen MR) is 108 cm³/mol. The molecule has 0 bridgehead atoms. The van der Waals surface area contributed by atoms with Crippen molar-refractivity contribution in [2.75, 3.05) is 14.1 Å². The second-order valence-corrected chi connectivity index (χ2v) is 8.05. The molecular weight excluding hydrogens is 336 g/mol. The molecule has 0 aromatic heterocycles. The number of carbonyl (C=O) groups is 2. The second kappa shape index (κ2) is 8.52. The fraction of sp³-hybridized carbons (Fsp3) is 0.522. The van der Waals surface area contributed by atoms with E-state index in [1.54, 1.807) is 19.0 Å². The summed E-state index contributed by atoms with van der Waals surface area (Å²) in [6, 6.07) is 9.51. The van der Waals surface area contributed by atoms with Gasteiger partial charge < -0.3 is 4.90 Å². The van der Waals surface area contributed by atoms with E-state index >= 15 is 0 Å². The first-order chi connectivity index (χ1) is 12.9. The van der Waals surface area contributed by atoms with Gasteiger partial charge in [-0.2, -0.15) is 4.79 Å². The maximum absolute atomic E-state index is 12.6. The van der Waals surface area contributed by atoms with E-state index in [1.807, 2.05) is 6.08 Å². The molecular formula is C23H29N2O2+. The van der Waals surface area contributed by atoms with Gasteiger partial charge in [-0.1, -0.05) is 23.8 Å². The molecule has 0 saturated heterocycles. The van der Waals surface area contributed by atoms with Crippen LogP contribution in [0.5, 0.6) is 0 Å². The van der Waals surface area contributed by atoms with Gasteiger partial charge in [-0.05, 0) is 69.1 Å². The normalized spacial score (nSPS) is 21.8. The Labute approximate surface area is 162 Å². The van der Waals surface area contributed by atoms with Crippen LogP contribution in [0, 0.1) is 24.8 Å². The molecule has 0 radical (unpaired) electrons. The van der Waals surface area contributed by atoms with Crippen molar-refractivity contribution < 1.29 is 9.59 Å². The minimum Gasteiger partial charge on any atom is -0.349 e. The molecule has 4 nitrogen and oxygen atoms in total. The van der Waals surface area contributed by atoms with Crippen LogP contribution in [-0.4, -0.2) is 30.8 Å². The highest BCUT2D eigenvalue weighted by atomic mass is 16.2. The summed E-state index contributed by atoms with van der Waals surface area (Å²) in [7, 11) is 3.61. The minimum atomic E-state index is -0.157. The molecule has 2 aliphatic carbocycles. The van der Waals surface area contributed by atoms with Crippen molar-refractivity contribution in [3.8, 4) is 6.07 Å². The van der Waals surface area contributed by atoms with Crippen molar-refractivity contribution in [2.24, 2.45) is 11.8 Å². The highest BCUT2D eigenvalue weighted by Crippen LogP contribution is 2.30. The number of rotatable bonds is 2. The van der Waals surface area contributed by atoms with Crippen LogP contribution >= 0.6 is 0 Å². The molecule has 0 N–H and O–H groups in total. The zero-order valence-corrected chi connectivity index (χ0v) is 16.6. The third-order valence-corrected chi connectivity index (χ3v) is 5.66. The van der Waals surface area contributed by atoms with Crippen LogP contribution in [0.15, 0.2) is 23.8 Å². The zero-order valence-electron chi connectivity index (χ0n) is 16.6. The van der Waals surface area contributed by atoms with E-state index in [9.17, 15) is 9.59 Å². The molecule has 142 valence electrons. The molecule has 0 heterocycles. The fourth-order valence-electron chi connectivity index (χ4n) is 4.03. The van der Waals surface area contributed by atoms with Crippen molar-refractivity contribution in [3.63, 3.8) is 0 Å². The van der Waals surface area contributed by atoms with Gasteiger partial charge in [0.25, 0.3) is 6.07 Å². The van der Waals surface area contributed by atoms with Crippen molar-refractivity contribution in [3.05, 3.63) is 45.3 Å². The summed E-state index contributed by atoms with van der Waals surface area (Å²) in [6.45, 7) is 2.07. The molecule has 2 amide bonds. The summed E-state index contributed by atoms with van der Waals surface area (Å²) < 4.78 is 0. The van der Waals surface area contributed by atoms with Gasteiger partial charge >= 0.3 is 5.91 Å². The Hall–Kier alpha value is -2.41. The van der Waals surface area contributed by atoms with Crippen molar-refractivity contribution in [1.29, 1.82) is 0 Å². The third-order valence-electron chi connectivity index (χ3n) is 5.66. The number of hydrogen-bond acceptors (Lipinski definition) is 2. The van der Waals surface area contributed by atoms with Gasteiger partial charge in [-0.15, -0.1) is 0 Å². The maximum Gasteiger partial charge on any atom is 0.543 e. The second-order valence-electron chi connectivity index (χ2n) is 8.05. The average Bonchev–Trinajstić information content (AvgIpc) is 2.87. The number of aryl methyl sites for hydroxylation is 2. The molecule has 0 aliphatic heterocycles. The lowest BCUT2D eigenvalue weighted by Gasteiger charge is -2.25. The first-order valence-corrected chi connectivity index (χ1v) is 9.96. The van der Waals surface area contributed by atoms with Crippen molar-refractivity contribution in [1.82, 2.24) is 4.90 Å². The number of nitrogens with zero attached hydrogens (tertiary/aromatic N) is 2. The Bertz CT molecular complexity index is 819. The standard InChI is InChI=1S/C23H29N2O2/c1-16-7-10-18-5-4-6-20(14-21(18)13-16)22(26)24-15-17-8-11-19(12-9-17)23(27)25(2)3/h7,10,13-14,17,19H,4-6,8-9,11-12H2,1-3H3/q+1. The Morgan fingerprint density at radius 1 is 1.11 bits per heavy atom. The van der Waals surface area contributed by atoms with E-state index in [0.29, 0.717) is 0 Å². The largest absolute Gasteiger partial charge is 0.543 e. The first-order valence-electron chi connectivity index (χ1n) is 9.96. The molecule has 0 spiro atoms. The van der Waals surface area contributed by atoms with Gasteiger partial charge in [0.1, 0.15) is 0 Å². The maximum atomic E-state index is 12.6. The predicted octanol–water partition coefficient (Wildman–Crippen LogP) is 4.47. The third kappa shape index (κ3) is 4.86. The molecule has 4 heteroatoms. The molecule has 1 fully saturated rings. The van der Waals surface area contributed by atoms with Crippen LogP contribution < -0.4 is 0 Å². The van der Waals surface area contributed by atoms with E-state index in [0.717, 1.165) is 56.1 Å². The van der Waals surface area contributed by atoms with Gasteiger partial charge in [0.2, 0.25) is 5.91 Å². The lowest BCUT2D eigenvalue weighted by Crippen LogP contribution is -2.32. The number of carbonyl (C=O) groups excluding carboxylic acids is 2. The quantitative estimate of drug-likeness (QED) is 0.776. The Morgan fingerprint density at radius 2 is 1.85 bits per heavy atom. The lowest BCUT2D eigenvalue weighted by atomic mass is 9.82. The zero-order chi connectivity index (χ0) is 19.4. The van der Waals surface area contributed by atoms with Crippen LogP contribution in [0.2, 0.25) is 0 Å². The summed E-state index contributed by atoms with van der Waals surface area (Å²) in [5, 5.41) is 0. The smallest absolute Gasteiger partial charge is 0.349 e. The van der Waals surface area contributed by atoms with Gasteiger partial charge in [-0.25, -0.2) is 0 Å². The summed E-state index contributed by atoms with van der Waals surface area (Å²) in [5.41, 5.74) is 4.44. The van der Waals surface area contributed by atoms with Crippen LogP contribution in [0.25, 0.3) is 10.9 Å². The molecule has 1 aromatic carbocycles. The molecule has 0 atom stereocenters. The lowest BCUT2D eigenvalue weighted by molar-refractivity contribution is -0.134. The van der Waals surface area contributed by atoms with E-state index in [4.69, 9.17) is 0 Å². The molecule has 27 heavy (non-hydrogen) atoms. The Kier molecular flexibility index (Phi) is 6.11.